The highest BCUT2D eigenvalue weighted by Gasteiger charge is 2.55. The van der Waals surface area contributed by atoms with Crippen molar-refractivity contribution in [3.8, 4) is 0 Å². The van der Waals surface area contributed by atoms with Gasteiger partial charge in [-0.3, -0.25) is 33.6 Å². The summed E-state index contributed by atoms with van der Waals surface area (Å²) in [4.78, 5) is 83.0. The normalized spacial score (nSPS) is 30.2. The molecule has 18 nitrogen and oxygen atoms in total. The highest BCUT2D eigenvalue weighted by Crippen LogP contribution is 2.32. The van der Waals surface area contributed by atoms with Crippen molar-refractivity contribution in [3.05, 3.63) is 0 Å². The lowest BCUT2D eigenvalue weighted by molar-refractivity contribution is -0.313. The zero-order valence-corrected chi connectivity index (χ0v) is 25.1. The lowest BCUT2D eigenvalue weighted by Crippen LogP contribution is -2.63. The Bertz CT molecular complexity index is 1090. The van der Waals surface area contributed by atoms with E-state index in [9.17, 15) is 38.7 Å². The van der Waals surface area contributed by atoms with Gasteiger partial charge in [-0.1, -0.05) is 0 Å². The van der Waals surface area contributed by atoms with Crippen molar-refractivity contribution in [2.45, 2.75) is 110 Å². The van der Waals surface area contributed by atoms with Gasteiger partial charge in [-0.15, -0.1) is 0 Å². The summed E-state index contributed by atoms with van der Waals surface area (Å²) in [7, 11) is 0. The molecule has 10 atom stereocenters. The number of aliphatic hydroxyl groups is 1. The number of ether oxygens (including phenoxy) is 10. The van der Waals surface area contributed by atoms with Crippen LogP contribution in [0.2, 0.25) is 0 Å². The molecule has 0 saturated carbocycles. The molecule has 0 bridgehead atoms. The first kappa shape index (κ1) is 36.3. The fraction of sp³-hybridized carbons (Fsp3) is 0.731. The maximum Gasteiger partial charge on any atom is 0.303 e. The minimum Gasteiger partial charge on any atom is -0.463 e. The lowest BCUT2D eigenvalue weighted by atomic mass is 9.98. The van der Waals surface area contributed by atoms with E-state index in [1.807, 2.05) is 0 Å². The van der Waals surface area contributed by atoms with E-state index in [0.29, 0.717) is 0 Å². The quantitative estimate of drug-likeness (QED) is 0.192. The molecule has 2 rings (SSSR count). The molecule has 0 spiro atoms. The maximum atomic E-state index is 12.1. The second-order valence-electron chi connectivity index (χ2n) is 9.69. The van der Waals surface area contributed by atoms with Gasteiger partial charge in [0.05, 0.1) is 6.61 Å². The molecule has 2 fully saturated rings. The van der Waals surface area contributed by atoms with Crippen LogP contribution < -0.4 is 0 Å². The third-order valence-corrected chi connectivity index (χ3v) is 5.89. The van der Waals surface area contributed by atoms with E-state index < -0.39 is 116 Å². The van der Waals surface area contributed by atoms with E-state index in [1.54, 1.807) is 0 Å². The summed E-state index contributed by atoms with van der Waals surface area (Å²) < 4.78 is 53.6. The number of hydrogen-bond acceptors (Lipinski definition) is 18. The molecule has 2 heterocycles. The summed E-state index contributed by atoms with van der Waals surface area (Å²) >= 11 is 0. The fourth-order valence-corrected chi connectivity index (χ4v) is 4.53. The topological polar surface area (TPSA) is 232 Å². The van der Waals surface area contributed by atoms with Crippen molar-refractivity contribution in [1.82, 2.24) is 0 Å². The maximum absolute atomic E-state index is 12.1. The third-order valence-electron chi connectivity index (χ3n) is 5.89. The van der Waals surface area contributed by atoms with Crippen molar-refractivity contribution in [3.63, 3.8) is 0 Å². The van der Waals surface area contributed by atoms with Gasteiger partial charge in [-0.05, 0) is 0 Å². The molecule has 2 aliphatic heterocycles. The first-order valence-corrected chi connectivity index (χ1v) is 13.3. The minimum atomic E-state index is -1.81. The monoisotopic (exact) mass is 636 g/mol. The molecule has 0 aromatic heterocycles. The second-order valence-corrected chi connectivity index (χ2v) is 9.69. The molecule has 44 heavy (non-hydrogen) atoms. The van der Waals surface area contributed by atoms with Crippen LogP contribution in [-0.4, -0.2) is 122 Å². The van der Waals surface area contributed by atoms with Crippen molar-refractivity contribution in [2.24, 2.45) is 0 Å². The van der Waals surface area contributed by atoms with E-state index >= 15 is 0 Å². The van der Waals surface area contributed by atoms with Crippen LogP contribution in [0.5, 0.6) is 0 Å². The summed E-state index contributed by atoms with van der Waals surface area (Å²) in [5, 5.41) is 10.4. The van der Waals surface area contributed by atoms with Crippen molar-refractivity contribution in [2.75, 3.05) is 13.2 Å². The second kappa shape index (κ2) is 16.3. The van der Waals surface area contributed by atoms with Gasteiger partial charge in [0, 0.05) is 48.5 Å². The Kier molecular flexibility index (Phi) is 13.4. The Morgan fingerprint density at radius 1 is 0.591 bits per heavy atom. The molecule has 0 aromatic rings. The van der Waals surface area contributed by atoms with Gasteiger partial charge in [-0.2, -0.15) is 0 Å². The predicted molar refractivity (Wildman–Crippen MR) is 135 cm³/mol. The molecule has 2 aliphatic rings. The van der Waals surface area contributed by atoms with Crippen LogP contribution in [-0.2, 0) is 80.9 Å². The van der Waals surface area contributed by atoms with Crippen LogP contribution in [0.25, 0.3) is 0 Å². The number of hydrogen-bond donors (Lipinski definition) is 1. The minimum absolute atomic E-state index is 0.526. The molecule has 0 radical (unpaired) electrons. The Labute approximate surface area is 251 Å². The average molecular weight is 637 g/mol. The van der Waals surface area contributed by atoms with Crippen molar-refractivity contribution < 1.29 is 86.0 Å². The largest absolute Gasteiger partial charge is 0.463 e. The summed E-state index contributed by atoms with van der Waals surface area (Å²) in [5.74, 6) is -5.88. The summed E-state index contributed by atoms with van der Waals surface area (Å²) in [5.41, 5.74) is 0. The molecular formula is C26H36O18. The van der Waals surface area contributed by atoms with E-state index in [2.05, 4.69) is 0 Å². The van der Waals surface area contributed by atoms with Gasteiger partial charge in [0.25, 0.3) is 0 Å². The van der Waals surface area contributed by atoms with E-state index in [4.69, 9.17) is 47.4 Å². The number of carbonyl (C=O) groups excluding carboxylic acids is 7. The van der Waals surface area contributed by atoms with Crippen LogP contribution >= 0.6 is 0 Å². The lowest BCUT2D eigenvalue weighted by Gasteiger charge is -2.44. The zero-order valence-electron chi connectivity index (χ0n) is 25.1. The summed E-state index contributed by atoms with van der Waals surface area (Å²) in [6, 6.07) is 0. The average Bonchev–Trinajstić information content (AvgIpc) is 3.16. The summed E-state index contributed by atoms with van der Waals surface area (Å²) in [6.45, 7) is 6.15. The van der Waals surface area contributed by atoms with Gasteiger partial charge >= 0.3 is 41.8 Å². The standard InChI is InChI=1S/C26H36O18/c1-10(27)35-8-18-19(38-12(3)29)22(40-14(5)31)24(42-16(7)33)26(43-18)36-9-17(37-11(2)28)20-21(39-13(4)30)23(25(34)44-20)41-15(6)32/h17-26,34H,8-9H2,1-7H3/t17-,18-,19-,20+,21+,22+,23-,24-,25?,26-/m1/s1. The Balaban J connectivity index is 2.47. The molecule has 0 aliphatic carbocycles. The molecule has 18 heteroatoms. The molecule has 1 unspecified atom stereocenters. The number of rotatable bonds is 12. The van der Waals surface area contributed by atoms with Gasteiger partial charge in [0.2, 0.25) is 0 Å². The number of aliphatic hydroxyl groups excluding tert-OH is 1. The number of carbonyl (C=O) groups is 7. The Hall–Kier alpha value is -3.87. The van der Waals surface area contributed by atoms with Gasteiger partial charge in [-0.25, -0.2) is 0 Å². The SMILES string of the molecule is CC(=O)OC[C@H]1O[C@@H](OC[C@@H](OC(C)=O)[C@@H]2OC(O)[C@H](OC(C)=O)[C@H]2OC(C)=O)[C@H](OC(C)=O)[C@@H](OC(C)=O)[C@@H]1OC(C)=O. The molecule has 2 saturated heterocycles. The Morgan fingerprint density at radius 2 is 1.07 bits per heavy atom. The van der Waals surface area contributed by atoms with Crippen molar-refractivity contribution >= 4 is 41.8 Å². The first-order valence-electron chi connectivity index (χ1n) is 13.3. The van der Waals surface area contributed by atoms with E-state index in [1.165, 1.54) is 0 Å². The zero-order chi connectivity index (χ0) is 33.3. The van der Waals surface area contributed by atoms with Crippen molar-refractivity contribution in [1.29, 1.82) is 0 Å². The third kappa shape index (κ3) is 10.7. The Morgan fingerprint density at radius 3 is 1.57 bits per heavy atom. The van der Waals surface area contributed by atoms with E-state index in [-0.39, 0.29) is 0 Å². The predicted octanol–water partition coefficient (Wildman–Crippen LogP) is -1.40. The van der Waals surface area contributed by atoms with Gasteiger partial charge in [0.1, 0.15) is 18.8 Å². The molecule has 0 aromatic carbocycles. The molecule has 248 valence electrons. The molecular weight excluding hydrogens is 600 g/mol. The first-order chi connectivity index (χ1) is 20.5. The van der Waals surface area contributed by atoms with E-state index in [0.717, 1.165) is 48.5 Å². The van der Waals surface area contributed by atoms with Crippen LogP contribution in [0.1, 0.15) is 48.5 Å². The van der Waals surface area contributed by atoms with Gasteiger partial charge < -0.3 is 52.5 Å². The smallest absolute Gasteiger partial charge is 0.303 e. The van der Waals surface area contributed by atoms with Crippen LogP contribution in [0.3, 0.4) is 0 Å². The highest BCUT2D eigenvalue weighted by molar-refractivity contribution is 5.69. The highest BCUT2D eigenvalue weighted by atomic mass is 16.7. The number of esters is 7. The van der Waals surface area contributed by atoms with Crippen LogP contribution in [0.15, 0.2) is 0 Å². The molecule has 0 amide bonds. The van der Waals surface area contributed by atoms with Crippen LogP contribution in [0, 0.1) is 0 Å². The molecule has 1 N–H and O–H groups in total. The van der Waals surface area contributed by atoms with Crippen LogP contribution in [0.4, 0.5) is 0 Å². The summed E-state index contributed by atoms with van der Waals surface area (Å²) in [6.07, 6.45) is -15.3. The fourth-order valence-electron chi connectivity index (χ4n) is 4.53. The van der Waals surface area contributed by atoms with Gasteiger partial charge in [0.15, 0.2) is 49.2 Å².